The number of methoxy groups -OCH3 is 2. The summed E-state index contributed by atoms with van der Waals surface area (Å²) in [6, 6.07) is 14.8. The molecule has 150 valence electrons. The lowest BCUT2D eigenvalue weighted by Crippen LogP contribution is -2.26. The van der Waals surface area contributed by atoms with Crippen LogP contribution in [-0.4, -0.2) is 31.1 Å². The summed E-state index contributed by atoms with van der Waals surface area (Å²) in [5, 5.41) is 0. The summed E-state index contributed by atoms with van der Waals surface area (Å²) in [5.41, 5.74) is 2.90. The van der Waals surface area contributed by atoms with E-state index >= 15 is 0 Å². The van der Waals surface area contributed by atoms with Gasteiger partial charge in [0, 0.05) is 17.5 Å². The van der Waals surface area contributed by atoms with Crippen molar-refractivity contribution in [1.29, 1.82) is 0 Å². The highest BCUT2D eigenvalue weighted by atomic mass is 16.5. The highest BCUT2D eigenvalue weighted by Gasteiger charge is 2.27. The Bertz CT molecular complexity index is 1190. The first-order valence-corrected chi connectivity index (χ1v) is 9.13. The van der Waals surface area contributed by atoms with Crippen LogP contribution in [0.1, 0.15) is 0 Å². The topological polar surface area (TPSA) is 81.9 Å². The van der Waals surface area contributed by atoms with Crippen molar-refractivity contribution in [3.63, 3.8) is 0 Å². The van der Waals surface area contributed by atoms with Crippen LogP contribution in [0.25, 0.3) is 22.6 Å². The van der Waals surface area contributed by atoms with Crippen molar-refractivity contribution in [1.82, 2.24) is 4.98 Å². The summed E-state index contributed by atoms with van der Waals surface area (Å²) in [4.78, 5) is 31.0. The third-order valence-corrected chi connectivity index (χ3v) is 4.55. The third kappa shape index (κ3) is 3.48. The SMILES string of the molecule is COC(=O)C1=C(C(=O)OC)N(c2cccc(-c3nc4ccccc4o3)c2)C=CC=C1. The van der Waals surface area contributed by atoms with Crippen LogP contribution in [0.3, 0.4) is 0 Å². The van der Waals surface area contributed by atoms with E-state index in [2.05, 4.69) is 4.98 Å². The number of oxazole rings is 1. The van der Waals surface area contributed by atoms with Crippen molar-refractivity contribution < 1.29 is 23.5 Å². The minimum Gasteiger partial charge on any atom is -0.465 e. The molecule has 0 saturated heterocycles. The molecule has 0 unspecified atom stereocenters. The maximum Gasteiger partial charge on any atom is 0.355 e. The van der Waals surface area contributed by atoms with Gasteiger partial charge in [0.1, 0.15) is 11.2 Å². The molecule has 0 atom stereocenters. The number of carbonyl (C=O) groups is 2. The first-order chi connectivity index (χ1) is 14.6. The van der Waals surface area contributed by atoms with Gasteiger partial charge in [-0.1, -0.05) is 24.3 Å². The standard InChI is InChI=1S/C23H18N2O5/c1-28-22(26)17-10-5-6-13-25(20(17)23(27)29-2)16-9-7-8-15(14-16)21-24-18-11-3-4-12-19(18)30-21/h3-14H,1-2H3. The molecule has 7 heteroatoms. The van der Waals surface area contributed by atoms with Crippen LogP contribution in [0.15, 0.2) is 88.6 Å². The molecule has 0 fully saturated rings. The molecule has 0 saturated carbocycles. The molecule has 2 heterocycles. The van der Waals surface area contributed by atoms with Crippen molar-refractivity contribution in [3.05, 3.63) is 84.2 Å². The van der Waals surface area contributed by atoms with Gasteiger partial charge in [-0.15, -0.1) is 0 Å². The van der Waals surface area contributed by atoms with E-state index in [0.717, 1.165) is 11.1 Å². The maximum atomic E-state index is 12.6. The predicted molar refractivity (Wildman–Crippen MR) is 111 cm³/mol. The summed E-state index contributed by atoms with van der Waals surface area (Å²) in [7, 11) is 2.52. The first kappa shape index (κ1) is 19.2. The van der Waals surface area contributed by atoms with Crippen molar-refractivity contribution >= 4 is 28.7 Å². The third-order valence-electron chi connectivity index (χ3n) is 4.55. The molecule has 1 aliphatic rings. The van der Waals surface area contributed by atoms with Crippen LogP contribution in [0.2, 0.25) is 0 Å². The molecular formula is C23H18N2O5. The van der Waals surface area contributed by atoms with E-state index in [9.17, 15) is 9.59 Å². The number of ether oxygens (including phenoxy) is 2. The van der Waals surface area contributed by atoms with Crippen LogP contribution >= 0.6 is 0 Å². The second-order valence-electron chi connectivity index (χ2n) is 6.35. The predicted octanol–water partition coefficient (Wildman–Crippen LogP) is 3.98. The van der Waals surface area contributed by atoms with Gasteiger partial charge in [0.05, 0.1) is 19.8 Å². The summed E-state index contributed by atoms with van der Waals surface area (Å²) in [6.07, 6.45) is 6.55. The average molecular weight is 402 g/mol. The second kappa shape index (κ2) is 8.08. The number of allylic oxidation sites excluding steroid dienone is 2. The molecule has 7 nitrogen and oxygen atoms in total. The van der Waals surface area contributed by atoms with Crippen LogP contribution in [0, 0.1) is 0 Å². The molecule has 4 rings (SSSR count). The van der Waals surface area contributed by atoms with E-state index in [-0.39, 0.29) is 11.3 Å². The van der Waals surface area contributed by atoms with Crippen LogP contribution < -0.4 is 4.90 Å². The second-order valence-corrected chi connectivity index (χ2v) is 6.35. The van der Waals surface area contributed by atoms with Crippen LogP contribution in [-0.2, 0) is 19.1 Å². The molecule has 0 bridgehead atoms. The molecule has 1 aromatic heterocycles. The van der Waals surface area contributed by atoms with E-state index < -0.39 is 11.9 Å². The molecular weight excluding hydrogens is 384 g/mol. The molecule has 0 aliphatic carbocycles. The fraction of sp³-hybridized carbons (Fsp3) is 0.0870. The van der Waals surface area contributed by atoms with Gasteiger partial charge in [0.25, 0.3) is 0 Å². The Morgan fingerprint density at radius 3 is 2.53 bits per heavy atom. The average Bonchev–Trinajstić information content (AvgIpc) is 3.10. The summed E-state index contributed by atoms with van der Waals surface area (Å²) in [6.45, 7) is 0. The van der Waals surface area contributed by atoms with Gasteiger partial charge in [0.2, 0.25) is 5.89 Å². The Kier molecular flexibility index (Phi) is 5.17. The van der Waals surface area contributed by atoms with Crippen molar-refractivity contribution in [3.8, 4) is 11.5 Å². The van der Waals surface area contributed by atoms with Gasteiger partial charge in [0.15, 0.2) is 5.58 Å². The highest BCUT2D eigenvalue weighted by Crippen LogP contribution is 2.31. The van der Waals surface area contributed by atoms with E-state index in [1.165, 1.54) is 20.3 Å². The number of hydrogen-bond donors (Lipinski definition) is 0. The van der Waals surface area contributed by atoms with Gasteiger partial charge in [-0.2, -0.15) is 0 Å². The van der Waals surface area contributed by atoms with Crippen LogP contribution in [0.5, 0.6) is 0 Å². The molecule has 0 amide bonds. The monoisotopic (exact) mass is 402 g/mol. The fourth-order valence-electron chi connectivity index (χ4n) is 3.15. The van der Waals surface area contributed by atoms with Crippen molar-refractivity contribution in [2.45, 2.75) is 0 Å². The van der Waals surface area contributed by atoms with Crippen molar-refractivity contribution in [2.24, 2.45) is 0 Å². The minimum absolute atomic E-state index is 0.0454. The largest absolute Gasteiger partial charge is 0.465 e. The number of aromatic nitrogens is 1. The van der Waals surface area contributed by atoms with Gasteiger partial charge >= 0.3 is 11.9 Å². The number of esters is 2. The van der Waals surface area contributed by atoms with E-state index in [1.807, 2.05) is 42.5 Å². The zero-order chi connectivity index (χ0) is 21.1. The molecule has 2 aromatic carbocycles. The molecule has 0 N–H and O–H groups in total. The molecule has 0 radical (unpaired) electrons. The zero-order valence-corrected chi connectivity index (χ0v) is 16.4. The number of anilines is 1. The van der Waals surface area contributed by atoms with Gasteiger partial charge in [-0.25, -0.2) is 14.6 Å². The molecule has 3 aromatic rings. The number of hydrogen-bond acceptors (Lipinski definition) is 7. The normalized spacial score (nSPS) is 13.5. The molecule has 0 spiro atoms. The Balaban J connectivity index is 1.83. The molecule has 30 heavy (non-hydrogen) atoms. The number of fused-ring (bicyclic) bond motifs is 1. The number of para-hydroxylation sites is 2. The smallest absolute Gasteiger partial charge is 0.355 e. The summed E-state index contributed by atoms with van der Waals surface area (Å²) >= 11 is 0. The van der Waals surface area contributed by atoms with Gasteiger partial charge in [-0.3, -0.25) is 0 Å². The molecule has 1 aliphatic heterocycles. The Hall–Kier alpha value is -4.13. The van der Waals surface area contributed by atoms with E-state index in [0.29, 0.717) is 17.2 Å². The fourth-order valence-corrected chi connectivity index (χ4v) is 3.15. The highest BCUT2D eigenvalue weighted by molar-refractivity contribution is 6.05. The Labute approximate surface area is 172 Å². The van der Waals surface area contributed by atoms with E-state index in [1.54, 1.807) is 29.3 Å². The summed E-state index contributed by atoms with van der Waals surface area (Å²) < 4.78 is 15.6. The van der Waals surface area contributed by atoms with E-state index in [4.69, 9.17) is 13.9 Å². The Morgan fingerprint density at radius 2 is 1.77 bits per heavy atom. The van der Waals surface area contributed by atoms with Crippen molar-refractivity contribution in [2.75, 3.05) is 19.1 Å². The quantitative estimate of drug-likeness (QED) is 0.611. The van der Waals surface area contributed by atoms with Crippen LogP contribution in [0.4, 0.5) is 5.69 Å². The lowest BCUT2D eigenvalue weighted by Gasteiger charge is -2.23. The lowest BCUT2D eigenvalue weighted by molar-refractivity contribution is -0.139. The maximum absolute atomic E-state index is 12.6. The number of nitrogens with zero attached hydrogens (tertiary/aromatic N) is 2. The number of benzene rings is 2. The number of carbonyl (C=O) groups excluding carboxylic acids is 2. The number of rotatable bonds is 4. The Morgan fingerprint density at radius 1 is 0.967 bits per heavy atom. The zero-order valence-electron chi connectivity index (χ0n) is 16.4. The summed E-state index contributed by atoms with van der Waals surface area (Å²) in [5.74, 6) is -0.860. The lowest BCUT2D eigenvalue weighted by atomic mass is 10.1. The first-order valence-electron chi connectivity index (χ1n) is 9.13. The minimum atomic E-state index is -0.668. The van der Waals surface area contributed by atoms with Gasteiger partial charge in [-0.05, 0) is 42.5 Å². The van der Waals surface area contributed by atoms with Gasteiger partial charge < -0.3 is 18.8 Å².